The average Bonchev–Trinajstić information content (AvgIpc) is 2.47. The van der Waals surface area contributed by atoms with E-state index >= 15 is 0 Å². The first kappa shape index (κ1) is 15.7. The summed E-state index contributed by atoms with van der Waals surface area (Å²) in [6, 6.07) is 4.19. The van der Waals surface area contributed by atoms with E-state index in [0.29, 0.717) is 11.7 Å². The second kappa shape index (κ2) is 6.87. The number of hydrogen-bond acceptors (Lipinski definition) is 5. The molecule has 1 amide bonds. The zero-order valence-electron chi connectivity index (χ0n) is 13.3. The van der Waals surface area contributed by atoms with Gasteiger partial charge in [0.25, 0.3) is 5.91 Å². The lowest BCUT2D eigenvalue weighted by molar-refractivity contribution is 0.0822. The Labute approximate surface area is 126 Å². The molecule has 0 saturated carbocycles. The number of carbonyl (C=O) groups is 1. The van der Waals surface area contributed by atoms with Gasteiger partial charge in [0.2, 0.25) is 0 Å². The van der Waals surface area contributed by atoms with E-state index in [2.05, 4.69) is 34.2 Å². The molecule has 6 nitrogen and oxygen atoms in total. The molecule has 1 aliphatic heterocycles. The Kier molecular flexibility index (Phi) is 5.14. The Morgan fingerprint density at radius 3 is 2.90 bits per heavy atom. The van der Waals surface area contributed by atoms with Crippen LogP contribution in [0.4, 0.5) is 5.69 Å². The van der Waals surface area contributed by atoms with Crippen molar-refractivity contribution in [2.75, 3.05) is 59.7 Å². The van der Waals surface area contributed by atoms with Crippen molar-refractivity contribution < 1.29 is 4.79 Å². The van der Waals surface area contributed by atoms with Gasteiger partial charge < -0.3 is 15.1 Å². The van der Waals surface area contributed by atoms with Gasteiger partial charge in [0.1, 0.15) is 5.69 Å². The van der Waals surface area contributed by atoms with Crippen LogP contribution in [-0.2, 0) is 0 Å². The Balaban J connectivity index is 1.97. The van der Waals surface area contributed by atoms with Gasteiger partial charge >= 0.3 is 0 Å². The fraction of sp³-hybridized carbons (Fsp3) is 0.600. The number of piperazine rings is 1. The maximum Gasteiger partial charge on any atom is 0.272 e. The molecule has 0 bridgehead atoms. The number of amides is 1. The standard InChI is InChI=1S/C15H25N5O/c1-18(2)15(21)14-9-12(5-6-16-14)17-10-13-11-19(3)7-8-20(13)4/h5-6,9,13H,7-8,10-11H2,1-4H3,(H,16,17). The Morgan fingerprint density at radius 1 is 1.43 bits per heavy atom. The van der Waals surface area contributed by atoms with E-state index in [4.69, 9.17) is 0 Å². The van der Waals surface area contributed by atoms with Crippen LogP contribution in [0, 0.1) is 0 Å². The summed E-state index contributed by atoms with van der Waals surface area (Å²) in [5.74, 6) is -0.0758. The summed E-state index contributed by atoms with van der Waals surface area (Å²) in [5, 5.41) is 3.42. The second-order valence-corrected chi connectivity index (χ2v) is 5.91. The summed E-state index contributed by atoms with van der Waals surface area (Å²) in [4.78, 5) is 22.3. The van der Waals surface area contributed by atoms with Gasteiger partial charge in [-0.1, -0.05) is 0 Å². The summed E-state index contributed by atoms with van der Waals surface area (Å²) >= 11 is 0. The van der Waals surface area contributed by atoms with Gasteiger partial charge in [0, 0.05) is 58.2 Å². The highest BCUT2D eigenvalue weighted by Gasteiger charge is 2.21. The fourth-order valence-corrected chi connectivity index (χ4v) is 2.44. The molecule has 0 radical (unpaired) electrons. The van der Waals surface area contributed by atoms with Crippen LogP contribution in [0.25, 0.3) is 0 Å². The third-order valence-corrected chi connectivity index (χ3v) is 3.91. The summed E-state index contributed by atoms with van der Waals surface area (Å²) in [6.45, 7) is 4.12. The lowest BCUT2D eigenvalue weighted by Crippen LogP contribution is -2.52. The van der Waals surface area contributed by atoms with Crippen LogP contribution < -0.4 is 5.32 Å². The highest BCUT2D eigenvalue weighted by atomic mass is 16.2. The van der Waals surface area contributed by atoms with E-state index < -0.39 is 0 Å². The number of hydrogen-bond donors (Lipinski definition) is 1. The highest BCUT2D eigenvalue weighted by molar-refractivity contribution is 5.92. The number of nitrogens with zero attached hydrogens (tertiary/aromatic N) is 4. The van der Waals surface area contributed by atoms with Crippen LogP contribution in [0.1, 0.15) is 10.5 Å². The molecule has 6 heteroatoms. The molecule has 0 aliphatic carbocycles. The monoisotopic (exact) mass is 291 g/mol. The van der Waals surface area contributed by atoms with Crippen molar-refractivity contribution in [3.8, 4) is 0 Å². The molecule has 116 valence electrons. The molecule has 0 aromatic carbocycles. The van der Waals surface area contributed by atoms with Gasteiger partial charge in [-0.15, -0.1) is 0 Å². The molecule has 1 aliphatic rings. The second-order valence-electron chi connectivity index (χ2n) is 5.91. The summed E-state index contributed by atoms with van der Waals surface area (Å²) in [6.07, 6.45) is 1.68. The minimum Gasteiger partial charge on any atom is -0.383 e. The SMILES string of the molecule is CN1CCN(C)C(CNc2ccnc(C(=O)N(C)C)c2)C1. The first-order chi connectivity index (χ1) is 9.97. The van der Waals surface area contributed by atoms with Crippen molar-refractivity contribution in [1.29, 1.82) is 0 Å². The van der Waals surface area contributed by atoms with Gasteiger partial charge in [0.15, 0.2) is 0 Å². The molecule has 1 fully saturated rings. The van der Waals surface area contributed by atoms with Gasteiger partial charge in [0.05, 0.1) is 0 Å². The molecule has 1 aromatic heterocycles. The molecule has 1 unspecified atom stereocenters. The van der Waals surface area contributed by atoms with Gasteiger partial charge in [-0.25, -0.2) is 0 Å². The van der Waals surface area contributed by atoms with E-state index in [1.165, 1.54) is 4.90 Å². The Hall–Kier alpha value is -1.66. The molecular weight excluding hydrogens is 266 g/mol. The Bertz CT molecular complexity index is 491. The van der Waals surface area contributed by atoms with Crippen molar-refractivity contribution in [3.63, 3.8) is 0 Å². The predicted molar refractivity (Wildman–Crippen MR) is 84.7 cm³/mol. The fourth-order valence-electron chi connectivity index (χ4n) is 2.44. The molecule has 0 spiro atoms. The summed E-state index contributed by atoms with van der Waals surface area (Å²) < 4.78 is 0. The first-order valence-electron chi connectivity index (χ1n) is 7.27. The third-order valence-electron chi connectivity index (χ3n) is 3.91. The predicted octanol–water partition coefficient (Wildman–Crippen LogP) is 0.441. The van der Waals surface area contributed by atoms with Crippen molar-refractivity contribution in [2.45, 2.75) is 6.04 Å². The van der Waals surface area contributed by atoms with Crippen LogP contribution >= 0.6 is 0 Å². The topological polar surface area (TPSA) is 51.7 Å². The van der Waals surface area contributed by atoms with E-state index in [9.17, 15) is 4.79 Å². The van der Waals surface area contributed by atoms with E-state index in [1.807, 2.05) is 12.1 Å². The maximum absolute atomic E-state index is 11.9. The number of carbonyl (C=O) groups excluding carboxylic acids is 1. The molecule has 2 rings (SSSR count). The van der Waals surface area contributed by atoms with Crippen molar-refractivity contribution in [1.82, 2.24) is 19.7 Å². The van der Waals surface area contributed by atoms with Crippen LogP contribution in [-0.4, -0.2) is 86.0 Å². The summed E-state index contributed by atoms with van der Waals surface area (Å²) in [5.41, 5.74) is 1.41. The number of anilines is 1. The number of rotatable bonds is 4. The maximum atomic E-state index is 11.9. The average molecular weight is 291 g/mol. The zero-order valence-corrected chi connectivity index (χ0v) is 13.3. The van der Waals surface area contributed by atoms with E-state index in [0.717, 1.165) is 31.9 Å². The lowest BCUT2D eigenvalue weighted by atomic mass is 10.2. The number of likely N-dealkylation sites (N-methyl/N-ethyl adjacent to an activating group) is 2. The van der Waals surface area contributed by atoms with Crippen LogP contribution in [0.15, 0.2) is 18.3 Å². The van der Waals surface area contributed by atoms with E-state index in [1.54, 1.807) is 20.3 Å². The Morgan fingerprint density at radius 2 is 2.19 bits per heavy atom. The van der Waals surface area contributed by atoms with E-state index in [-0.39, 0.29) is 5.91 Å². The molecule has 1 N–H and O–H groups in total. The lowest BCUT2D eigenvalue weighted by Gasteiger charge is -2.37. The quantitative estimate of drug-likeness (QED) is 0.872. The largest absolute Gasteiger partial charge is 0.383 e. The van der Waals surface area contributed by atoms with Gasteiger partial charge in [-0.05, 0) is 26.2 Å². The molecule has 2 heterocycles. The minimum atomic E-state index is -0.0758. The summed E-state index contributed by atoms with van der Waals surface area (Å²) in [7, 11) is 7.78. The van der Waals surface area contributed by atoms with Crippen LogP contribution in [0.2, 0.25) is 0 Å². The van der Waals surface area contributed by atoms with Gasteiger partial charge in [-0.2, -0.15) is 0 Å². The molecule has 1 saturated heterocycles. The molecule has 1 aromatic rings. The van der Waals surface area contributed by atoms with Crippen LogP contribution in [0.3, 0.4) is 0 Å². The molecular formula is C15H25N5O. The van der Waals surface area contributed by atoms with Crippen molar-refractivity contribution >= 4 is 11.6 Å². The number of pyridine rings is 1. The van der Waals surface area contributed by atoms with Crippen molar-refractivity contribution in [3.05, 3.63) is 24.0 Å². The van der Waals surface area contributed by atoms with Crippen LogP contribution in [0.5, 0.6) is 0 Å². The number of nitrogens with one attached hydrogen (secondary N) is 1. The minimum absolute atomic E-state index is 0.0758. The normalized spacial score (nSPS) is 20.3. The van der Waals surface area contributed by atoms with Crippen molar-refractivity contribution in [2.24, 2.45) is 0 Å². The highest BCUT2D eigenvalue weighted by Crippen LogP contribution is 2.12. The third kappa shape index (κ3) is 4.15. The number of aromatic nitrogens is 1. The zero-order chi connectivity index (χ0) is 15.4. The first-order valence-corrected chi connectivity index (χ1v) is 7.27. The van der Waals surface area contributed by atoms with Gasteiger partial charge in [-0.3, -0.25) is 14.7 Å². The smallest absolute Gasteiger partial charge is 0.272 e. The molecule has 21 heavy (non-hydrogen) atoms. The molecule has 1 atom stereocenters.